The molecule has 0 aromatic heterocycles. The number of methoxy groups -OCH3 is 2. The number of benzene rings is 3. The Morgan fingerprint density at radius 3 is 1.64 bits per heavy atom. The van der Waals surface area contributed by atoms with Crippen molar-refractivity contribution in [3.8, 4) is 17.2 Å². The molecule has 0 aliphatic rings. The number of nitrogens with one attached hydrogen (secondary N) is 2. The zero-order valence-electron chi connectivity index (χ0n) is 18.8. The fraction of sp³-hybridized carbons (Fsp3) is 0.154. The molecule has 0 saturated carbocycles. The van der Waals surface area contributed by atoms with Crippen molar-refractivity contribution in [3.63, 3.8) is 0 Å². The normalized spacial score (nSPS) is 10.0. The quantitative estimate of drug-likeness (QED) is 0.281. The van der Waals surface area contributed by atoms with Crippen LogP contribution in [0.15, 0.2) is 78.4 Å². The molecule has 170 valence electrons. The highest BCUT2D eigenvalue weighted by Crippen LogP contribution is 2.39. The van der Waals surface area contributed by atoms with E-state index in [1.165, 1.54) is 20.3 Å². The van der Waals surface area contributed by atoms with Crippen LogP contribution in [0.1, 0.15) is 12.5 Å². The minimum absolute atomic E-state index is 0.0871. The third-order valence-electron chi connectivity index (χ3n) is 4.64. The van der Waals surface area contributed by atoms with Crippen LogP contribution in [0.3, 0.4) is 0 Å². The van der Waals surface area contributed by atoms with Crippen LogP contribution in [-0.4, -0.2) is 32.6 Å². The van der Waals surface area contributed by atoms with Crippen LogP contribution < -0.4 is 24.8 Å². The van der Waals surface area contributed by atoms with Gasteiger partial charge in [-0.1, -0.05) is 36.4 Å². The zero-order chi connectivity index (χ0) is 23.6. The summed E-state index contributed by atoms with van der Waals surface area (Å²) in [6.45, 7) is 2.28. The van der Waals surface area contributed by atoms with Crippen molar-refractivity contribution in [2.45, 2.75) is 6.92 Å². The summed E-state index contributed by atoms with van der Waals surface area (Å²) >= 11 is 0. The molecule has 0 heterocycles. The number of hydrogen-bond acceptors (Lipinski definition) is 5. The van der Waals surface area contributed by atoms with Crippen molar-refractivity contribution in [1.29, 1.82) is 0 Å². The summed E-state index contributed by atoms with van der Waals surface area (Å²) in [5.74, 6) is 0.189. The van der Waals surface area contributed by atoms with Gasteiger partial charge in [-0.05, 0) is 55.0 Å². The van der Waals surface area contributed by atoms with Gasteiger partial charge in [-0.3, -0.25) is 9.59 Å². The molecule has 0 unspecified atom stereocenters. The van der Waals surface area contributed by atoms with Gasteiger partial charge in [0.15, 0.2) is 11.5 Å². The van der Waals surface area contributed by atoms with Crippen molar-refractivity contribution < 1.29 is 23.8 Å². The Hall–Kier alpha value is -4.26. The first kappa shape index (κ1) is 23.4. The lowest BCUT2D eigenvalue weighted by molar-refractivity contribution is -0.118. The first-order valence-corrected chi connectivity index (χ1v) is 10.4. The van der Waals surface area contributed by atoms with Gasteiger partial charge in [0.2, 0.25) is 5.75 Å². The number of rotatable bonds is 9. The van der Waals surface area contributed by atoms with Gasteiger partial charge < -0.3 is 24.8 Å². The smallest absolute Gasteiger partial charge is 0.261 e. The Bertz CT molecular complexity index is 1050. The molecule has 3 rings (SSSR count). The minimum Gasteiger partial charge on any atom is -0.493 e. The van der Waals surface area contributed by atoms with Crippen molar-refractivity contribution >= 4 is 29.3 Å². The monoisotopic (exact) mass is 446 g/mol. The van der Waals surface area contributed by atoms with Gasteiger partial charge in [-0.25, -0.2) is 0 Å². The number of anilines is 2. The number of carbonyl (C=O) groups is 2. The van der Waals surface area contributed by atoms with Crippen LogP contribution in [0.4, 0.5) is 11.4 Å². The highest BCUT2D eigenvalue weighted by atomic mass is 16.5. The molecule has 0 saturated heterocycles. The molecule has 3 aromatic carbocycles. The lowest BCUT2D eigenvalue weighted by Crippen LogP contribution is -2.25. The molecule has 0 atom stereocenters. The van der Waals surface area contributed by atoms with E-state index in [2.05, 4.69) is 10.6 Å². The van der Waals surface area contributed by atoms with E-state index in [4.69, 9.17) is 14.2 Å². The highest BCUT2D eigenvalue weighted by Gasteiger charge is 2.21. The second-order valence-corrected chi connectivity index (χ2v) is 6.89. The van der Waals surface area contributed by atoms with Crippen LogP contribution >= 0.6 is 0 Å². The van der Waals surface area contributed by atoms with E-state index in [0.29, 0.717) is 40.8 Å². The Morgan fingerprint density at radius 2 is 1.24 bits per heavy atom. The van der Waals surface area contributed by atoms with Crippen molar-refractivity contribution in [3.05, 3.63) is 83.9 Å². The molecule has 7 heteroatoms. The van der Waals surface area contributed by atoms with Gasteiger partial charge in [-0.15, -0.1) is 0 Å². The van der Waals surface area contributed by atoms with E-state index in [1.807, 2.05) is 19.1 Å². The molecule has 0 fully saturated rings. The summed E-state index contributed by atoms with van der Waals surface area (Å²) in [5.41, 5.74) is 1.59. The molecule has 0 aliphatic heterocycles. The number of amides is 2. The second kappa shape index (κ2) is 11.4. The lowest BCUT2D eigenvalue weighted by Gasteiger charge is -2.15. The Labute approximate surface area is 193 Å². The van der Waals surface area contributed by atoms with Gasteiger partial charge in [0.1, 0.15) is 5.57 Å². The van der Waals surface area contributed by atoms with E-state index >= 15 is 0 Å². The molecular weight excluding hydrogens is 420 g/mol. The van der Waals surface area contributed by atoms with Crippen molar-refractivity contribution in [1.82, 2.24) is 0 Å². The maximum absolute atomic E-state index is 13.1. The molecule has 7 nitrogen and oxygen atoms in total. The van der Waals surface area contributed by atoms with Crippen LogP contribution in [0, 0.1) is 0 Å². The van der Waals surface area contributed by atoms with Crippen LogP contribution in [0.25, 0.3) is 6.08 Å². The van der Waals surface area contributed by atoms with Crippen molar-refractivity contribution in [2.75, 3.05) is 31.5 Å². The second-order valence-electron chi connectivity index (χ2n) is 6.89. The molecule has 3 aromatic rings. The predicted octanol–water partition coefficient (Wildman–Crippen LogP) is 4.76. The molecule has 0 spiro atoms. The minimum atomic E-state index is -0.554. The van der Waals surface area contributed by atoms with E-state index in [1.54, 1.807) is 60.7 Å². The predicted molar refractivity (Wildman–Crippen MR) is 129 cm³/mol. The largest absolute Gasteiger partial charge is 0.493 e. The molecule has 33 heavy (non-hydrogen) atoms. The molecule has 0 aliphatic carbocycles. The fourth-order valence-electron chi connectivity index (χ4n) is 3.11. The van der Waals surface area contributed by atoms with Gasteiger partial charge in [0.05, 0.1) is 20.8 Å². The molecule has 2 N–H and O–H groups in total. The van der Waals surface area contributed by atoms with Gasteiger partial charge in [0.25, 0.3) is 11.8 Å². The van der Waals surface area contributed by atoms with Crippen LogP contribution in [0.5, 0.6) is 17.2 Å². The summed E-state index contributed by atoms with van der Waals surface area (Å²) in [6, 6.07) is 21.2. The average Bonchev–Trinajstić information content (AvgIpc) is 2.84. The van der Waals surface area contributed by atoms with E-state index in [-0.39, 0.29) is 5.57 Å². The fourth-order valence-corrected chi connectivity index (χ4v) is 3.11. The molecular formula is C26H26N2O5. The summed E-state index contributed by atoms with van der Waals surface area (Å²) in [7, 11) is 3.02. The Balaban J connectivity index is 2.02. The number of hydrogen-bond donors (Lipinski definition) is 2. The third-order valence-corrected chi connectivity index (χ3v) is 4.64. The maximum Gasteiger partial charge on any atom is 0.261 e. The topological polar surface area (TPSA) is 85.9 Å². The molecule has 0 radical (unpaired) electrons. The first-order chi connectivity index (χ1) is 16.0. The number of para-hydroxylation sites is 2. The Kier molecular flexibility index (Phi) is 8.07. The first-order valence-electron chi connectivity index (χ1n) is 10.4. The average molecular weight is 447 g/mol. The van der Waals surface area contributed by atoms with Crippen molar-refractivity contribution in [2.24, 2.45) is 0 Å². The van der Waals surface area contributed by atoms with E-state index in [0.717, 1.165) is 0 Å². The third kappa shape index (κ3) is 6.13. The van der Waals surface area contributed by atoms with Crippen LogP contribution in [-0.2, 0) is 9.59 Å². The van der Waals surface area contributed by atoms with Gasteiger partial charge >= 0.3 is 0 Å². The standard InChI is InChI=1S/C26H26N2O5/c1-4-33-24-22(31-2)16-18(17-23(24)32-3)15-21(25(29)27-19-11-7-5-8-12-19)26(30)28-20-13-9-6-10-14-20/h5-17H,4H2,1-3H3,(H,27,29)(H,28,30). The molecule has 2 amide bonds. The molecule has 0 bridgehead atoms. The zero-order valence-corrected chi connectivity index (χ0v) is 18.8. The summed E-state index contributed by atoms with van der Waals surface area (Å²) in [4.78, 5) is 26.2. The van der Waals surface area contributed by atoms with Crippen LogP contribution in [0.2, 0.25) is 0 Å². The number of carbonyl (C=O) groups excluding carboxylic acids is 2. The van der Waals surface area contributed by atoms with E-state index < -0.39 is 11.8 Å². The lowest BCUT2D eigenvalue weighted by atomic mass is 10.1. The SMILES string of the molecule is CCOc1c(OC)cc(C=C(C(=O)Nc2ccccc2)C(=O)Nc2ccccc2)cc1OC. The van der Waals surface area contributed by atoms with E-state index in [9.17, 15) is 9.59 Å². The van der Waals surface area contributed by atoms with Gasteiger partial charge in [0, 0.05) is 11.4 Å². The summed E-state index contributed by atoms with van der Waals surface area (Å²) in [6.07, 6.45) is 1.48. The van der Waals surface area contributed by atoms with Gasteiger partial charge in [-0.2, -0.15) is 0 Å². The number of ether oxygens (including phenoxy) is 3. The summed E-state index contributed by atoms with van der Waals surface area (Å²) < 4.78 is 16.5. The maximum atomic E-state index is 13.1. The Morgan fingerprint density at radius 1 is 0.788 bits per heavy atom. The highest BCUT2D eigenvalue weighted by molar-refractivity contribution is 6.28. The summed E-state index contributed by atoms with van der Waals surface area (Å²) in [5, 5.41) is 5.53.